The summed E-state index contributed by atoms with van der Waals surface area (Å²) in [5.41, 5.74) is 7.96. The fourth-order valence-corrected chi connectivity index (χ4v) is 1.59. The van der Waals surface area contributed by atoms with E-state index in [1.165, 1.54) is 6.20 Å². The molecule has 94 valence electrons. The molecule has 0 spiro atoms. The number of carbonyl (C=O) groups is 1. The number of nitrogens with zero attached hydrogens (tertiary/aromatic N) is 2. The van der Waals surface area contributed by atoms with Crippen LogP contribution in [0.3, 0.4) is 0 Å². The van der Waals surface area contributed by atoms with Crippen molar-refractivity contribution in [3.05, 3.63) is 53.2 Å². The van der Waals surface area contributed by atoms with Crippen molar-refractivity contribution in [2.75, 3.05) is 11.1 Å². The van der Waals surface area contributed by atoms with Crippen molar-refractivity contribution >= 4 is 17.4 Å². The van der Waals surface area contributed by atoms with Gasteiger partial charge in [0, 0.05) is 17.4 Å². The number of nitrogens with one attached hydrogen (secondary N) is 1. The Hall–Kier alpha value is -2.87. The summed E-state index contributed by atoms with van der Waals surface area (Å²) in [4.78, 5) is 16.0. The van der Waals surface area contributed by atoms with Crippen molar-refractivity contribution < 1.29 is 4.79 Å². The summed E-state index contributed by atoms with van der Waals surface area (Å²) >= 11 is 0. The minimum atomic E-state index is -0.321. The highest BCUT2D eigenvalue weighted by Crippen LogP contribution is 2.15. The first-order valence-corrected chi connectivity index (χ1v) is 5.64. The van der Waals surface area contributed by atoms with Gasteiger partial charge in [0.2, 0.25) is 0 Å². The Kier molecular flexibility index (Phi) is 3.44. The zero-order chi connectivity index (χ0) is 13.8. The summed E-state index contributed by atoms with van der Waals surface area (Å²) < 4.78 is 0. The van der Waals surface area contributed by atoms with E-state index in [0.717, 1.165) is 5.56 Å². The van der Waals surface area contributed by atoms with E-state index in [0.29, 0.717) is 16.8 Å². The van der Waals surface area contributed by atoms with Crippen molar-refractivity contribution in [3.63, 3.8) is 0 Å². The van der Waals surface area contributed by atoms with Gasteiger partial charge in [0.1, 0.15) is 6.07 Å². The number of rotatable bonds is 2. The number of nitrogen functional groups attached to an aromatic ring is 1. The second kappa shape index (κ2) is 5.19. The minimum absolute atomic E-state index is 0.254. The molecule has 5 nitrogen and oxygen atoms in total. The average molecular weight is 252 g/mol. The standard InChI is InChI=1S/C14H12N4O/c1-9-7-10(4-5-12(9)16)14(19)18-13-11(8-15)3-2-6-17-13/h2-7H,16H2,1H3,(H,17,18,19). The largest absolute Gasteiger partial charge is 0.399 e. The summed E-state index contributed by atoms with van der Waals surface area (Å²) in [6.45, 7) is 1.83. The monoisotopic (exact) mass is 252 g/mol. The molecule has 0 unspecified atom stereocenters. The molecule has 1 aromatic heterocycles. The summed E-state index contributed by atoms with van der Waals surface area (Å²) in [6.07, 6.45) is 1.52. The lowest BCUT2D eigenvalue weighted by Gasteiger charge is -2.07. The number of benzene rings is 1. The molecule has 0 radical (unpaired) electrons. The van der Waals surface area contributed by atoms with Gasteiger partial charge in [-0.05, 0) is 42.8 Å². The molecule has 0 fully saturated rings. The molecule has 0 atom stereocenters. The van der Waals surface area contributed by atoms with Crippen LogP contribution in [-0.4, -0.2) is 10.9 Å². The summed E-state index contributed by atoms with van der Waals surface area (Å²) in [5, 5.41) is 11.5. The molecular weight excluding hydrogens is 240 g/mol. The third-order valence-corrected chi connectivity index (χ3v) is 2.69. The smallest absolute Gasteiger partial charge is 0.256 e. The van der Waals surface area contributed by atoms with Crippen LogP contribution >= 0.6 is 0 Å². The van der Waals surface area contributed by atoms with E-state index >= 15 is 0 Å². The molecule has 3 N–H and O–H groups in total. The van der Waals surface area contributed by atoms with Crippen molar-refractivity contribution in [1.29, 1.82) is 5.26 Å². The van der Waals surface area contributed by atoms with Crippen LogP contribution in [0.5, 0.6) is 0 Å². The number of nitriles is 1. The van der Waals surface area contributed by atoms with Gasteiger partial charge in [0.15, 0.2) is 5.82 Å². The van der Waals surface area contributed by atoms with Gasteiger partial charge in [-0.3, -0.25) is 4.79 Å². The Bertz CT molecular complexity index is 673. The van der Waals surface area contributed by atoms with Gasteiger partial charge in [-0.15, -0.1) is 0 Å². The molecule has 0 aliphatic carbocycles. The van der Waals surface area contributed by atoms with Gasteiger partial charge in [0.25, 0.3) is 5.91 Å². The van der Waals surface area contributed by atoms with E-state index < -0.39 is 0 Å². The third kappa shape index (κ3) is 2.69. The van der Waals surface area contributed by atoms with E-state index in [-0.39, 0.29) is 11.7 Å². The molecule has 0 aliphatic heterocycles. The van der Waals surface area contributed by atoms with Crippen LogP contribution in [0.15, 0.2) is 36.5 Å². The topological polar surface area (TPSA) is 91.8 Å². The first-order chi connectivity index (χ1) is 9.11. The average Bonchev–Trinajstić information content (AvgIpc) is 2.42. The zero-order valence-corrected chi connectivity index (χ0v) is 10.3. The fraction of sp³-hybridized carbons (Fsp3) is 0.0714. The lowest BCUT2D eigenvalue weighted by Crippen LogP contribution is -2.14. The molecule has 19 heavy (non-hydrogen) atoms. The Labute approximate surface area is 110 Å². The predicted molar refractivity (Wildman–Crippen MR) is 72.5 cm³/mol. The van der Waals surface area contributed by atoms with E-state index in [2.05, 4.69) is 10.3 Å². The Morgan fingerprint density at radius 1 is 1.42 bits per heavy atom. The third-order valence-electron chi connectivity index (χ3n) is 2.69. The first kappa shape index (κ1) is 12.6. The molecule has 1 amide bonds. The van der Waals surface area contributed by atoms with Crippen LogP contribution in [0, 0.1) is 18.3 Å². The minimum Gasteiger partial charge on any atom is -0.399 e. The highest BCUT2D eigenvalue weighted by molar-refractivity contribution is 6.04. The van der Waals surface area contributed by atoms with Crippen LogP contribution in [0.2, 0.25) is 0 Å². The highest BCUT2D eigenvalue weighted by Gasteiger charge is 2.10. The molecule has 0 bridgehead atoms. The van der Waals surface area contributed by atoms with E-state index in [4.69, 9.17) is 11.0 Å². The maximum Gasteiger partial charge on any atom is 0.256 e. The molecule has 2 rings (SSSR count). The molecule has 0 saturated heterocycles. The van der Waals surface area contributed by atoms with Gasteiger partial charge in [-0.25, -0.2) is 4.98 Å². The number of amides is 1. The molecule has 1 heterocycles. The van der Waals surface area contributed by atoms with Crippen molar-refractivity contribution in [1.82, 2.24) is 4.98 Å². The molecule has 0 aliphatic rings. The van der Waals surface area contributed by atoms with Crippen LogP contribution in [0.4, 0.5) is 11.5 Å². The van der Waals surface area contributed by atoms with Crippen LogP contribution < -0.4 is 11.1 Å². The van der Waals surface area contributed by atoms with Gasteiger partial charge in [-0.1, -0.05) is 0 Å². The van der Waals surface area contributed by atoms with E-state index in [9.17, 15) is 4.79 Å². The van der Waals surface area contributed by atoms with Crippen molar-refractivity contribution in [2.24, 2.45) is 0 Å². The van der Waals surface area contributed by atoms with Crippen molar-refractivity contribution in [2.45, 2.75) is 6.92 Å². The number of pyridine rings is 1. The van der Waals surface area contributed by atoms with Gasteiger partial charge >= 0.3 is 0 Å². The number of hydrogen-bond donors (Lipinski definition) is 2. The maximum atomic E-state index is 12.0. The molecule has 0 saturated carbocycles. The van der Waals surface area contributed by atoms with Gasteiger partial charge < -0.3 is 11.1 Å². The number of hydrogen-bond acceptors (Lipinski definition) is 4. The lowest BCUT2D eigenvalue weighted by molar-refractivity contribution is 0.102. The van der Waals surface area contributed by atoms with Crippen molar-refractivity contribution in [3.8, 4) is 6.07 Å². The molecular formula is C14H12N4O. The quantitative estimate of drug-likeness (QED) is 0.800. The SMILES string of the molecule is Cc1cc(C(=O)Nc2ncccc2C#N)ccc1N. The Morgan fingerprint density at radius 3 is 2.89 bits per heavy atom. The maximum absolute atomic E-state index is 12.0. The number of anilines is 2. The molecule has 1 aromatic carbocycles. The molecule has 5 heteroatoms. The lowest BCUT2D eigenvalue weighted by atomic mass is 10.1. The number of aromatic nitrogens is 1. The van der Waals surface area contributed by atoms with E-state index in [1.807, 2.05) is 13.0 Å². The Balaban J connectivity index is 2.26. The summed E-state index contributed by atoms with van der Waals surface area (Å²) in [5.74, 6) is -0.0669. The van der Waals surface area contributed by atoms with Crippen LogP contribution in [0.25, 0.3) is 0 Å². The van der Waals surface area contributed by atoms with E-state index in [1.54, 1.807) is 30.3 Å². The second-order valence-corrected chi connectivity index (χ2v) is 4.04. The number of carbonyl (C=O) groups excluding carboxylic acids is 1. The number of aryl methyl sites for hydroxylation is 1. The number of nitrogens with two attached hydrogens (primary N) is 1. The highest BCUT2D eigenvalue weighted by atomic mass is 16.1. The van der Waals surface area contributed by atoms with Gasteiger partial charge in [-0.2, -0.15) is 5.26 Å². The first-order valence-electron chi connectivity index (χ1n) is 5.64. The second-order valence-electron chi connectivity index (χ2n) is 4.04. The summed E-state index contributed by atoms with van der Waals surface area (Å²) in [6, 6.07) is 10.2. The van der Waals surface area contributed by atoms with Crippen LogP contribution in [-0.2, 0) is 0 Å². The Morgan fingerprint density at radius 2 is 2.21 bits per heavy atom. The summed E-state index contributed by atoms with van der Waals surface area (Å²) in [7, 11) is 0. The predicted octanol–water partition coefficient (Wildman–Crippen LogP) is 2.10. The molecule has 2 aromatic rings. The van der Waals surface area contributed by atoms with Crippen LogP contribution in [0.1, 0.15) is 21.5 Å². The fourth-order valence-electron chi connectivity index (χ4n) is 1.59. The zero-order valence-electron chi connectivity index (χ0n) is 10.3. The van der Waals surface area contributed by atoms with Gasteiger partial charge in [0.05, 0.1) is 5.56 Å². The normalized spacial score (nSPS) is 9.68.